The van der Waals surface area contributed by atoms with Crippen LogP contribution in [0.3, 0.4) is 0 Å². The third-order valence-electron chi connectivity index (χ3n) is 1.46. The summed E-state index contributed by atoms with van der Waals surface area (Å²) in [5.74, 6) is -7.14. The topological polar surface area (TPSA) is 9.23 Å². The Morgan fingerprint density at radius 2 is 1.43 bits per heavy atom. The fourth-order valence-electron chi connectivity index (χ4n) is 0.856. The summed E-state index contributed by atoms with van der Waals surface area (Å²) >= 11 is 2.38. The summed E-state index contributed by atoms with van der Waals surface area (Å²) in [5, 5.41) is 0. The summed E-state index contributed by atoms with van der Waals surface area (Å²) in [6, 6.07) is 0. The maximum absolute atomic E-state index is 13.0. The molecule has 1 nitrogen and oxygen atoms in total. The average Bonchev–Trinajstić information content (AvgIpc) is 2.19. The fourth-order valence-corrected chi connectivity index (χ4v) is 1.20. The molecule has 0 amide bonds. The molecule has 0 unspecified atom stereocenters. The van der Waals surface area contributed by atoms with Crippen LogP contribution in [0.2, 0.25) is 0 Å². The van der Waals surface area contributed by atoms with Crippen LogP contribution in [0.5, 0.6) is 5.75 Å². The molecule has 0 heterocycles. The van der Waals surface area contributed by atoms with E-state index in [2.05, 4.69) is 20.7 Å². The number of hydrogen-bond acceptors (Lipinski definition) is 1. The normalized spacial score (nSPS) is 10.4. The number of hydrogen-bond donors (Lipinski definition) is 0. The molecule has 0 saturated carbocycles. The summed E-state index contributed by atoms with van der Waals surface area (Å²) < 4.78 is 55.2. The molecule has 1 aromatic rings. The maximum atomic E-state index is 13.0. The van der Waals surface area contributed by atoms with Gasteiger partial charge in [0, 0.05) is 0 Å². The van der Waals surface area contributed by atoms with Gasteiger partial charge < -0.3 is 4.74 Å². The molecule has 78 valence electrons. The van der Waals surface area contributed by atoms with E-state index in [0.29, 0.717) is 0 Å². The van der Waals surface area contributed by atoms with E-state index >= 15 is 0 Å². The fraction of sp³-hybridized carbons (Fsp3) is 0.250. The van der Waals surface area contributed by atoms with Crippen LogP contribution in [0.15, 0.2) is 4.47 Å². The minimum Gasteiger partial charge on any atom is -0.488 e. The van der Waals surface area contributed by atoms with Gasteiger partial charge in [0.05, 0.1) is 11.1 Å². The van der Waals surface area contributed by atoms with Crippen LogP contribution in [-0.4, -0.2) is 6.61 Å². The molecule has 0 aliphatic rings. The number of rotatable bonds is 2. The van der Waals surface area contributed by atoms with E-state index < -0.39 is 33.5 Å². The first-order valence-electron chi connectivity index (χ1n) is 3.64. The second-order valence-electron chi connectivity index (χ2n) is 2.33. The zero-order chi connectivity index (χ0) is 10.9. The lowest BCUT2D eigenvalue weighted by atomic mass is 10.3. The van der Waals surface area contributed by atoms with Gasteiger partial charge in [-0.05, 0) is 22.9 Å². The Labute approximate surface area is 85.8 Å². The first-order valence-corrected chi connectivity index (χ1v) is 4.44. The van der Waals surface area contributed by atoms with Crippen molar-refractivity contribution in [1.29, 1.82) is 0 Å². The van der Waals surface area contributed by atoms with Crippen molar-refractivity contribution in [3.8, 4) is 5.75 Å². The van der Waals surface area contributed by atoms with E-state index in [1.165, 1.54) is 6.92 Å². The van der Waals surface area contributed by atoms with Gasteiger partial charge in [0.1, 0.15) is 0 Å². The predicted octanol–water partition coefficient (Wildman–Crippen LogP) is 3.40. The standard InChI is InChI=1S/C8H5BrF4O/c1-2-14-8-6(12)4(10)3(9)5(11)7(8)13/h2H2,1H3. The molecular formula is C8H5BrF4O. The molecule has 0 bridgehead atoms. The van der Waals surface area contributed by atoms with Gasteiger partial charge in [0.2, 0.25) is 11.6 Å². The zero-order valence-electron chi connectivity index (χ0n) is 7.01. The van der Waals surface area contributed by atoms with E-state index in [0.717, 1.165) is 0 Å². The van der Waals surface area contributed by atoms with Crippen LogP contribution in [-0.2, 0) is 0 Å². The molecule has 0 aliphatic carbocycles. The quantitative estimate of drug-likeness (QED) is 0.456. The van der Waals surface area contributed by atoms with Crippen LogP contribution >= 0.6 is 15.9 Å². The van der Waals surface area contributed by atoms with Crippen molar-refractivity contribution in [2.45, 2.75) is 6.92 Å². The minimum atomic E-state index is -1.54. The lowest BCUT2D eigenvalue weighted by molar-refractivity contribution is 0.285. The molecule has 14 heavy (non-hydrogen) atoms. The lowest BCUT2D eigenvalue weighted by Gasteiger charge is -2.08. The van der Waals surface area contributed by atoms with E-state index in [9.17, 15) is 17.6 Å². The highest BCUT2D eigenvalue weighted by Gasteiger charge is 2.24. The summed E-state index contributed by atoms with van der Waals surface area (Å²) in [4.78, 5) is 0. The highest BCUT2D eigenvalue weighted by Crippen LogP contribution is 2.32. The molecule has 0 N–H and O–H groups in total. The number of halogens is 5. The molecule has 0 aliphatic heterocycles. The smallest absolute Gasteiger partial charge is 0.205 e. The number of benzene rings is 1. The summed E-state index contributed by atoms with van der Waals surface area (Å²) in [7, 11) is 0. The Balaban J connectivity index is 3.43. The summed E-state index contributed by atoms with van der Waals surface area (Å²) in [5.41, 5.74) is 0. The molecule has 0 atom stereocenters. The van der Waals surface area contributed by atoms with Crippen molar-refractivity contribution in [2.24, 2.45) is 0 Å². The van der Waals surface area contributed by atoms with Crippen LogP contribution in [0.25, 0.3) is 0 Å². The van der Waals surface area contributed by atoms with Gasteiger partial charge in [0.25, 0.3) is 0 Å². The Hall–Kier alpha value is -0.780. The molecule has 0 fully saturated rings. The Morgan fingerprint density at radius 1 is 1.00 bits per heavy atom. The van der Waals surface area contributed by atoms with E-state index in [1.807, 2.05) is 0 Å². The first kappa shape index (κ1) is 11.3. The average molecular weight is 273 g/mol. The Kier molecular flexibility index (Phi) is 3.36. The third-order valence-corrected chi connectivity index (χ3v) is 2.15. The molecule has 6 heteroatoms. The van der Waals surface area contributed by atoms with Crippen molar-refractivity contribution >= 4 is 15.9 Å². The minimum absolute atomic E-state index is 0.0889. The monoisotopic (exact) mass is 272 g/mol. The van der Waals surface area contributed by atoms with Crippen molar-refractivity contribution < 1.29 is 22.3 Å². The van der Waals surface area contributed by atoms with Gasteiger partial charge in [-0.3, -0.25) is 0 Å². The molecule has 1 rings (SSSR count). The lowest BCUT2D eigenvalue weighted by Crippen LogP contribution is -2.04. The molecular weight excluding hydrogens is 268 g/mol. The first-order chi connectivity index (χ1) is 6.50. The second kappa shape index (κ2) is 4.16. The second-order valence-corrected chi connectivity index (χ2v) is 3.13. The van der Waals surface area contributed by atoms with Crippen LogP contribution < -0.4 is 4.74 Å². The van der Waals surface area contributed by atoms with Crippen LogP contribution in [0.4, 0.5) is 17.6 Å². The SMILES string of the molecule is CCOc1c(F)c(F)c(Br)c(F)c1F. The van der Waals surface area contributed by atoms with Crippen molar-refractivity contribution in [1.82, 2.24) is 0 Å². The Morgan fingerprint density at radius 3 is 1.79 bits per heavy atom. The van der Waals surface area contributed by atoms with Crippen LogP contribution in [0.1, 0.15) is 6.92 Å². The van der Waals surface area contributed by atoms with E-state index in [-0.39, 0.29) is 6.61 Å². The molecule has 0 spiro atoms. The van der Waals surface area contributed by atoms with E-state index in [1.54, 1.807) is 0 Å². The van der Waals surface area contributed by atoms with Gasteiger partial charge >= 0.3 is 0 Å². The molecule has 1 aromatic carbocycles. The van der Waals surface area contributed by atoms with Crippen molar-refractivity contribution in [2.75, 3.05) is 6.61 Å². The van der Waals surface area contributed by atoms with Gasteiger partial charge in [0.15, 0.2) is 17.4 Å². The third kappa shape index (κ3) is 1.70. The van der Waals surface area contributed by atoms with E-state index in [4.69, 9.17) is 0 Å². The Bertz CT molecular complexity index is 338. The maximum Gasteiger partial charge on any atom is 0.205 e. The molecule has 0 saturated heterocycles. The van der Waals surface area contributed by atoms with Gasteiger partial charge in [-0.1, -0.05) is 0 Å². The van der Waals surface area contributed by atoms with Crippen molar-refractivity contribution in [3.05, 3.63) is 27.7 Å². The molecule has 0 aromatic heterocycles. The number of ether oxygens (including phenoxy) is 1. The highest BCUT2D eigenvalue weighted by atomic mass is 79.9. The van der Waals surface area contributed by atoms with Gasteiger partial charge in [-0.2, -0.15) is 8.78 Å². The summed E-state index contributed by atoms with van der Waals surface area (Å²) in [6.07, 6.45) is 0. The van der Waals surface area contributed by atoms with Crippen molar-refractivity contribution in [3.63, 3.8) is 0 Å². The zero-order valence-corrected chi connectivity index (χ0v) is 8.59. The predicted molar refractivity (Wildman–Crippen MR) is 45.1 cm³/mol. The molecule has 0 radical (unpaired) electrons. The highest BCUT2D eigenvalue weighted by molar-refractivity contribution is 9.10. The largest absolute Gasteiger partial charge is 0.488 e. The summed E-state index contributed by atoms with van der Waals surface area (Å²) in [6.45, 7) is 1.35. The van der Waals surface area contributed by atoms with Crippen LogP contribution in [0, 0.1) is 23.3 Å². The van der Waals surface area contributed by atoms with Gasteiger partial charge in [-0.25, -0.2) is 8.78 Å². The van der Waals surface area contributed by atoms with Gasteiger partial charge in [-0.15, -0.1) is 0 Å².